The number of carbonyl (C=O) groups excluding carboxylic acids is 3. The number of rotatable bonds is 10. The fraction of sp³-hybridized carbons (Fsp3) is 0.387. The molecule has 1 aliphatic rings. The Bertz CT molecular complexity index is 1460. The molecule has 2 amide bonds. The number of hydrogen-bond acceptors (Lipinski definition) is 9. The van der Waals surface area contributed by atoms with Gasteiger partial charge in [0.1, 0.15) is 23.2 Å². The van der Waals surface area contributed by atoms with E-state index in [2.05, 4.69) is 4.98 Å². The van der Waals surface area contributed by atoms with Gasteiger partial charge in [0.2, 0.25) is 5.95 Å². The van der Waals surface area contributed by atoms with Crippen molar-refractivity contribution < 1.29 is 23.9 Å². The first-order chi connectivity index (χ1) is 20.6. The quantitative estimate of drug-likeness (QED) is 0.187. The van der Waals surface area contributed by atoms with Crippen molar-refractivity contribution >= 4 is 47.0 Å². The van der Waals surface area contributed by atoms with Crippen LogP contribution < -0.4 is 29.5 Å². The van der Waals surface area contributed by atoms with Crippen molar-refractivity contribution in [1.29, 1.82) is 0 Å². The summed E-state index contributed by atoms with van der Waals surface area (Å²) in [4.78, 5) is 52.9. The van der Waals surface area contributed by atoms with Gasteiger partial charge in [0, 0.05) is 32.5 Å². The number of ether oxygens (including phenoxy) is 2. The van der Waals surface area contributed by atoms with E-state index in [1.54, 1.807) is 47.5 Å². The maximum atomic E-state index is 14.1. The van der Waals surface area contributed by atoms with E-state index in [1.165, 1.54) is 19.1 Å². The molecule has 11 nitrogen and oxygen atoms in total. The van der Waals surface area contributed by atoms with Crippen LogP contribution in [0.4, 0.5) is 22.2 Å². The minimum Gasteiger partial charge on any atom is -0.425 e. The molecule has 0 spiro atoms. The number of quaternary nitrogens is 1. The van der Waals surface area contributed by atoms with Crippen LogP contribution in [0.5, 0.6) is 11.5 Å². The molecule has 2 heterocycles. The second kappa shape index (κ2) is 13.9. The number of amides is 2. The Kier molecular flexibility index (Phi) is 10.3. The van der Waals surface area contributed by atoms with Gasteiger partial charge >= 0.3 is 12.1 Å². The lowest BCUT2D eigenvalue weighted by Gasteiger charge is -2.33. The first kappa shape index (κ1) is 31.9. The van der Waals surface area contributed by atoms with Crippen LogP contribution in [0, 0.1) is 0 Å². The largest absolute Gasteiger partial charge is 0.528 e. The highest BCUT2D eigenvalue weighted by Crippen LogP contribution is 2.39. The average Bonchev–Trinajstić information content (AvgIpc) is 3.51. The van der Waals surface area contributed by atoms with Crippen molar-refractivity contribution in [3.05, 3.63) is 65.3 Å². The molecule has 12 heteroatoms. The molecule has 2 aromatic carbocycles. The van der Waals surface area contributed by atoms with Crippen LogP contribution in [0.3, 0.4) is 0 Å². The Morgan fingerprint density at radius 1 is 0.953 bits per heavy atom. The number of nitrogens with two attached hydrogens (primary N) is 1. The van der Waals surface area contributed by atoms with E-state index in [9.17, 15) is 14.4 Å². The fourth-order valence-electron chi connectivity index (χ4n) is 5.05. The second-order valence-electron chi connectivity index (χ2n) is 10.3. The van der Waals surface area contributed by atoms with Crippen LogP contribution in [0.2, 0.25) is 5.02 Å². The molecule has 1 aliphatic heterocycles. The van der Waals surface area contributed by atoms with Crippen LogP contribution in [-0.4, -0.2) is 66.7 Å². The zero-order valence-electron chi connectivity index (χ0n) is 25.0. The third-order valence-corrected chi connectivity index (χ3v) is 7.77. The molecule has 0 saturated carbocycles. The van der Waals surface area contributed by atoms with E-state index in [1.807, 2.05) is 25.7 Å². The van der Waals surface area contributed by atoms with Gasteiger partial charge in [-0.25, -0.2) is 9.78 Å². The van der Waals surface area contributed by atoms with Gasteiger partial charge in [-0.3, -0.25) is 4.79 Å². The van der Waals surface area contributed by atoms with Crippen molar-refractivity contribution in [2.24, 2.45) is 5.73 Å². The molecule has 3 aromatic rings. The lowest BCUT2D eigenvalue weighted by atomic mass is 10.2. The molecule has 0 aliphatic carbocycles. The highest BCUT2D eigenvalue weighted by Gasteiger charge is 2.49. The molecule has 1 aromatic heterocycles. The minimum absolute atomic E-state index is 0.222. The van der Waals surface area contributed by atoms with Gasteiger partial charge in [0.25, 0.3) is 11.7 Å². The highest BCUT2D eigenvalue weighted by molar-refractivity contribution is 6.34. The SMILES string of the molecule is CCN(CC)c1ncc(N(CC)C(=O)c2ccccc2Cl)c([N+]2(C(=O)Oc3ccc(OC(=O)[C@H](C)N)cc3)CCCC2)n1. The van der Waals surface area contributed by atoms with Gasteiger partial charge in [-0.15, -0.1) is 0 Å². The Balaban J connectivity index is 1.76. The third-order valence-electron chi connectivity index (χ3n) is 7.44. The molecular formula is C31H38ClN6O5+. The van der Waals surface area contributed by atoms with Crippen LogP contribution in [0.15, 0.2) is 54.7 Å². The summed E-state index contributed by atoms with van der Waals surface area (Å²) in [6, 6.07) is 12.2. The molecule has 2 N–H and O–H groups in total. The molecule has 228 valence electrons. The number of nitrogens with zero attached hydrogens (tertiary/aromatic N) is 5. The van der Waals surface area contributed by atoms with E-state index in [0.717, 1.165) is 12.8 Å². The summed E-state index contributed by atoms with van der Waals surface area (Å²) < 4.78 is 10.9. The monoisotopic (exact) mass is 609 g/mol. The van der Waals surface area contributed by atoms with Crippen molar-refractivity contribution in [3.8, 4) is 11.5 Å². The van der Waals surface area contributed by atoms with E-state index >= 15 is 0 Å². The summed E-state index contributed by atoms with van der Waals surface area (Å²) in [6.07, 6.45) is 2.59. The number of benzene rings is 2. The number of hydrogen-bond donors (Lipinski definition) is 1. The maximum Gasteiger partial charge on any atom is 0.528 e. The summed E-state index contributed by atoms with van der Waals surface area (Å²) >= 11 is 6.40. The first-order valence-corrected chi connectivity index (χ1v) is 14.9. The number of halogens is 1. The second-order valence-corrected chi connectivity index (χ2v) is 10.7. The maximum absolute atomic E-state index is 14.1. The molecule has 0 radical (unpaired) electrons. The third kappa shape index (κ3) is 6.79. The van der Waals surface area contributed by atoms with Crippen molar-refractivity contribution in [1.82, 2.24) is 14.5 Å². The van der Waals surface area contributed by atoms with Gasteiger partial charge < -0.3 is 25.0 Å². The molecule has 1 fully saturated rings. The van der Waals surface area contributed by atoms with E-state index in [4.69, 9.17) is 31.8 Å². The van der Waals surface area contributed by atoms with E-state index < -0.39 is 18.1 Å². The zero-order chi connectivity index (χ0) is 31.1. The topological polar surface area (TPSA) is 128 Å². The Labute approximate surface area is 256 Å². The highest BCUT2D eigenvalue weighted by atomic mass is 35.5. The van der Waals surface area contributed by atoms with Crippen LogP contribution >= 0.6 is 11.6 Å². The zero-order valence-corrected chi connectivity index (χ0v) is 25.7. The lowest BCUT2D eigenvalue weighted by Crippen LogP contribution is -2.55. The Morgan fingerprint density at radius 2 is 1.56 bits per heavy atom. The smallest absolute Gasteiger partial charge is 0.425 e. The van der Waals surface area contributed by atoms with Gasteiger partial charge in [-0.2, -0.15) is 14.3 Å². The number of aromatic nitrogens is 2. The standard InChI is InChI=1S/C31H38ClN6O5/c1-5-36(6-2)30-34-20-26(37(7-3)28(39)24-12-8-9-13-25(24)32)27(35-30)38(18-10-11-19-38)31(41)43-23-16-14-22(15-17-23)42-29(40)21(4)33/h8-9,12-17,20-21H,5-7,10-11,18-19,33H2,1-4H3/q+1/t21-/m0/s1. The van der Waals surface area contributed by atoms with Gasteiger partial charge in [0.15, 0.2) is 0 Å². The summed E-state index contributed by atoms with van der Waals surface area (Å²) in [5, 5.41) is 0.327. The van der Waals surface area contributed by atoms with Crippen molar-refractivity contribution in [2.75, 3.05) is 42.5 Å². The Hall–Kier alpha value is -4.06. The van der Waals surface area contributed by atoms with E-state index in [-0.39, 0.29) is 21.9 Å². The lowest BCUT2D eigenvalue weighted by molar-refractivity contribution is -0.135. The molecule has 4 rings (SSSR count). The normalized spacial score (nSPS) is 14.6. The fourth-order valence-corrected chi connectivity index (χ4v) is 5.27. The van der Waals surface area contributed by atoms with Crippen LogP contribution in [-0.2, 0) is 4.79 Å². The molecule has 1 saturated heterocycles. The molecule has 43 heavy (non-hydrogen) atoms. The Morgan fingerprint density at radius 3 is 2.12 bits per heavy atom. The average molecular weight is 610 g/mol. The number of anilines is 2. The van der Waals surface area contributed by atoms with Crippen molar-refractivity contribution in [3.63, 3.8) is 0 Å². The first-order valence-electron chi connectivity index (χ1n) is 14.5. The summed E-state index contributed by atoms with van der Waals surface area (Å²) in [6.45, 7) is 9.87. The minimum atomic E-state index is -0.771. The number of esters is 1. The number of carbonyl (C=O) groups is 3. The summed E-state index contributed by atoms with van der Waals surface area (Å²) in [5.41, 5.74) is 6.33. The van der Waals surface area contributed by atoms with Gasteiger partial charge in [-0.1, -0.05) is 23.7 Å². The number of likely N-dealkylation sites (tertiary alicyclic amines) is 1. The van der Waals surface area contributed by atoms with Crippen LogP contribution in [0.25, 0.3) is 0 Å². The van der Waals surface area contributed by atoms with E-state index in [0.29, 0.717) is 60.8 Å². The van der Waals surface area contributed by atoms with Crippen LogP contribution in [0.1, 0.15) is 50.9 Å². The predicted molar refractivity (Wildman–Crippen MR) is 167 cm³/mol. The summed E-state index contributed by atoms with van der Waals surface area (Å²) in [5.74, 6) is 0.515. The molecule has 0 bridgehead atoms. The van der Waals surface area contributed by atoms with Crippen molar-refractivity contribution in [2.45, 2.75) is 46.6 Å². The summed E-state index contributed by atoms with van der Waals surface area (Å²) in [7, 11) is 0. The molecular weight excluding hydrogens is 572 g/mol. The van der Waals surface area contributed by atoms with Gasteiger partial charge in [-0.05, 0) is 64.1 Å². The predicted octanol–water partition coefficient (Wildman–Crippen LogP) is 5.20. The molecule has 0 unspecified atom stereocenters. The van der Waals surface area contributed by atoms with Gasteiger partial charge in [0.05, 0.1) is 29.9 Å². The molecule has 1 atom stereocenters.